The minimum atomic E-state index is -1.18. The van der Waals surface area contributed by atoms with E-state index in [0.717, 1.165) is 37.1 Å². The van der Waals surface area contributed by atoms with Crippen LogP contribution in [0.25, 0.3) is 0 Å². The molecular weight excluding hydrogens is 520 g/mol. The number of amides is 1. The molecular formula is C32H36N4O5. The number of carboxylic acid groups (broad SMARTS) is 1. The maximum atomic E-state index is 13.0. The van der Waals surface area contributed by atoms with E-state index in [0.29, 0.717) is 12.2 Å². The van der Waals surface area contributed by atoms with Crippen LogP contribution in [-0.2, 0) is 16.6 Å². The molecule has 1 saturated heterocycles. The first-order valence-electron chi connectivity index (χ1n) is 14.3. The molecule has 1 aromatic heterocycles. The molecule has 1 amide bonds. The maximum Gasteiger partial charge on any atom is 0.322 e. The first-order chi connectivity index (χ1) is 19.6. The van der Waals surface area contributed by atoms with Crippen LogP contribution in [0, 0.1) is 18.8 Å². The van der Waals surface area contributed by atoms with Gasteiger partial charge in [-0.2, -0.15) is 0 Å². The number of piperidine rings is 1. The lowest BCUT2D eigenvalue weighted by Crippen LogP contribution is -2.50. The minimum absolute atomic E-state index is 0.0689. The van der Waals surface area contributed by atoms with E-state index in [2.05, 4.69) is 64.6 Å². The van der Waals surface area contributed by atoms with Crippen LogP contribution in [0.15, 0.2) is 53.6 Å². The van der Waals surface area contributed by atoms with Crippen LogP contribution in [0.5, 0.6) is 5.75 Å². The van der Waals surface area contributed by atoms with Crippen molar-refractivity contribution < 1.29 is 24.9 Å². The molecule has 214 valence electrons. The van der Waals surface area contributed by atoms with E-state index in [9.17, 15) is 19.8 Å². The van der Waals surface area contributed by atoms with Gasteiger partial charge in [0.25, 0.3) is 5.91 Å². The number of aliphatic hydroxyl groups is 1. The molecule has 1 fully saturated rings. The summed E-state index contributed by atoms with van der Waals surface area (Å²) in [6.07, 6.45) is 10.8. The highest BCUT2D eigenvalue weighted by Gasteiger charge is 2.56. The Hall–Kier alpha value is -3.98. The molecule has 2 aromatic rings. The fourth-order valence-electron chi connectivity index (χ4n) is 7.75. The molecule has 3 atom stereocenters. The summed E-state index contributed by atoms with van der Waals surface area (Å²) in [5, 5.41) is 32.6. The number of hydrogen-bond donors (Lipinski definition) is 4. The third-order valence-electron chi connectivity index (χ3n) is 9.48. The number of carbonyl (C=O) groups excluding carboxylic acids is 1. The lowest BCUT2D eigenvalue weighted by molar-refractivity contribution is -0.135. The summed E-state index contributed by atoms with van der Waals surface area (Å²) in [6.45, 7) is 6.80. The van der Waals surface area contributed by atoms with E-state index in [4.69, 9.17) is 10.1 Å². The van der Waals surface area contributed by atoms with E-state index in [-0.39, 0.29) is 34.9 Å². The number of nitrogens with one attached hydrogen (secondary N) is 1. The molecule has 6 heterocycles. The highest BCUT2D eigenvalue weighted by Crippen LogP contribution is 2.61. The van der Waals surface area contributed by atoms with Crippen molar-refractivity contribution in [2.75, 3.05) is 24.5 Å². The van der Waals surface area contributed by atoms with Gasteiger partial charge in [-0.1, -0.05) is 43.4 Å². The molecule has 9 heteroatoms. The number of aromatic hydroxyl groups is 1. The summed E-state index contributed by atoms with van der Waals surface area (Å²) in [4.78, 5) is 35.9. The van der Waals surface area contributed by atoms with Crippen molar-refractivity contribution in [2.45, 2.75) is 57.5 Å². The van der Waals surface area contributed by atoms with Crippen molar-refractivity contribution in [1.29, 1.82) is 0 Å². The fourth-order valence-corrected chi connectivity index (χ4v) is 7.75. The third-order valence-corrected chi connectivity index (χ3v) is 9.48. The van der Waals surface area contributed by atoms with E-state index in [1.807, 2.05) is 6.92 Å². The summed E-state index contributed by atoms with van der Waals surface area (Å²) >= 11 is 0. The lowest BCUT2D eigenvalue weighted by atomic mass is 9.52. The average molecular weight is 557 g/mol. The van der Waals surface area contributed by atoms with Crippen molar-refractivity contribution >= 4 is 17.6 Å². The smallest absolute Gasteiger partial charge is 0.322 e. The maximum absolute atomic E-state index is 13.0. The van der Waals surface area contributed by atoms with Crippen LogP contribution < -0.4 is 10.2 Å². The molecule has 4 N–H and O–H groups in total. The number of nitrogens with zero attached hydrogens (tertiary/aromatic N) is 3. The van der Waals surface area contributed by atoms with Crippen molar-refractivity contribution in [2.24, 2.45) is 11.8 Å². The second-order valence-corrected chi connectivity index (χ2v) is 11.9. The Morgan fingerprint density at radius 3 is 2.41 bits per heavy atom. The normalized spacial score (nSPS) is 24.0. The van der Waals surface area contributed by atoms with Gasteiger partial charge in [-0.25, -0.2) is 9.97 Å². The predicted octanol–water partition coefficient (Wildman–Crippen LogP) is 3.55. The largest absolute Gasteiger partial charge is 0.504 e. The second kappa shape index (κ2) is 10.1. The number of allylic oxidation sites excluding steroid dienone is 6. The van der Waals surface area contributed by atoms with E-state index in [1.165, 1.54) is 16.8 Å². The highest BCUT2D eigenvalue weighted by molar-refractivity contribution is 5.96. The van der Waals surface area contributed by atoms with Gasteiger partial charge in [0.05, 0.1) is 11.8 Å². The number of carboxylic acids is 1. The van der Waals surface area contributed by atoms with Crippen molar-refractivity contribution in [1.82, 2.24) is 15.3 Å². The monoisotopic (exact) mass is 556 g/mol. The molecule has 0 saturated carbocycles. The number of hydrogen-bond acceptors (Lipinski definition) is 7. The van der Waals surface area contributed by atoms with Gasteiger partial charge < -0.3 is 25.5 Å². The number of aryl methyl sites for hydroxylation is 1. The van der Waals surface area contributed by atoms with Gasteiger partial charge in [0, 0.05) is 42.4 Å². The Morgan fingerprint density at radius 2 is 1.80 bits per heavy atom. The molecule has 5 aliphatic heterocycles. The molecule has 7 aliphatic rings. The van der Waals surface area contributed by atoms with Gasteiger partial charge in [-0.05, 0) is 60.9 Å². The summed E-state index contributed by atoms with van der Waals surface area (Å²) in [6, 6.07) is 6.69. The van der Waals surface area contributed by atoms with Gasteiger partial charge in [-0.3, -0.25) is 9.59 Å². The van der Waals surface area contributed by atoms with Crippen LogP contribution in [0.3, 0.4) is 0 Å². The van der Waals surface area contributed by atoms with E-state index < -0.39 is 29.9 Å². The molecule has 2 aliphatic carbocycles. The summed E-state index contributed by atoms with van der Waals surface area (Å²) in [5.74, 6) is -1.78. The molecule has 41 heavy (non-hydrogen) atoms. The predicted molar refractivity (Wildman–Crippen MR) is 154 cm³/mol. The van der Waals surface area contributed by atoms with Crippen molar-refractivity contribution in [3.8, 4) is 5.75 Å². The van der Waals surface area contributed by atoms with Crippen LogP contribution in [0.4, 0.5) is 5.69 Å². The zero-order chi connectivity index (χ0) is 29.1. The standard InChI is InChI=1S/C32H36N4O5/c1-17(37)14-22-15-24-8-9-25(22)36-12-10-23(11-13-36)32(24,27-20-4-5-21(27)7-6-20)18(2)30-34-19(3)29(40)28(35-30)31(41)33-16-26(38)39/h4-9,15,17-18,23,27,37,40H,10-14,16H2,1-3H3,(H,33,41)(H,38,39)/t17-,18?,32?/m0/s1. The number of aliphatic carboxylic acids is 1. The van der Waals surface area contributed by atoms with Gasteiger partial charge in [0.1, 0.15) is 12.4 Å². The summed E-state index contributed by atoms with van der Waals surface area (Å²) in [5.41, 5.74) is 5.52. The van der Waals surface area contributed by atoms with E-state index in [1.54, 1.807) is 6.92 Å². The number of rotatable bonds is 8. The summed E-state index contributed by atoms with van der Waals surface area (Å²) in [7, 11) is 0. The highest BCUT2D eigenvalue weighted by atomic mass is 16.4. The van der Waals surface area contributed by atoms with Crippen LogP contribution in [-0.4, -0.2) is 62.9 Å². The Morgan fingerprint density at radius 1 is 1.12 bits per heavy atom. The number of carbonyl (C=O) groups is 2. The number of anilines is 1. The Kier molecular flexibility index (Phi) is 6.72. The number of benzene rings is 1. The van der Waals surface area contributed by atoms with E-state index >= 15 is 0 Å². The van der Waals surface area contributed by atoms with Crippen LogP contribution in [0.1, 0.15) is 65.7 Å². The molecule has 1 aromatic carbocycles. The van der Waals surface area contributed by atoms with Crippen LogP contribution in [0.2, 0.25) is 0 Å². The number of aromatic nitrogens is 2. The number of aliphatic hydroxyl groups excluding tert-OH is 1. The van der Waals surface area contributed by atoms with Gasteiger partial charge in [0.2, 0.25) is 0 Å². The summed E-state index contributed by atoms with van der Waals surface area (Å²) < 4.78 is 0. The first kappa shape index (κ1) is 27.2. The SMILES string of the molecule is Cc1nc(C(C)C2(C3C4=CC=C3C=C4)c3ccc(c(C[C@H](C)O)c3)N3CCC2CC3)nc(C(=O)NCC(=O)O)c1O. The Bertz CT molecular complexity index is 1500. The first-order valence-corrected chi connectivity index (χ1v) is 14.3. The molecule has 6 bridgehead atoms. The Balaban J connectivity index is 1.56. The second-order valence-electron chi connectivity index (χ2n) is 11.9. The van der Waals surface area contributed by atoms with Gasteiger partial charge in [-0.15, -0.1) is 0 Å². The third kappa shape index (κ3) is 4.34. The van der Waals surface area contributed by atoms with Crippen LogP contribution >= 0.6 is 0 Å². The lowest BCUT2D eigenvalue weighted by Gasteiger charge is -2.51. The minimum Gasteiger partial charge on any atom is -0.504 e. The average Bonchev–Trinajstić information content (AvgIpc) is 3.57. The zero-order valence-corrected chi connectivity index (χ0v) is 23.6. The molecule has 0 radical (unpaired) electrons. The zero-order valence-electron chi connectivity index (χ0n) is 23.6. The van der Waals surface area contributed by atoms with Gasteiger partial charge >= 0.3 is 5.97 Å². The molecule has 9 nitrogen and oxygen atoms in total. The van der Waals surface area contributed by atoms with Gasteiger partial charge in [0.15, 0.2) is 11.4 Å². The quantitative estimate of drug-likeness (QED) is 0.388. The molecule has 9 rings (SSSR count). The molecule has 2 unspecified atom stereocenters. The van der Waals surface area contributed by atoms with Crippen molar-refractivity contribution in [3.05, 3.63) is 82.0 Å². The topological polar surface area (TPSA) is 136 Å². The number of fused-ring (bicyclic) bond motifs is 2. The fraction of sp³-hybridized carbons (Fsp3) is 0.438. The molecule has 0 spiro atoms. The Labute approximate surface area is 239 Å². The van der Waals surface area contributed by atoms with Crippen molar-refractivity contribution in [3.63, 3.8) is 0 Å².